The van der Waals surface area contributed by atoms with E-state index >= 15 is 0 Å². The van der Waals surface area contributed by atoms with Crippen molar-refractivity contribution in [3.8, 4) is 28.7 Å². The number of anilines is 1. The molecular weight excluding hydrogens is 363 g/mol. The molecule has 2 rings (SSSR count). The van der Waals surface area contributed by atoms with Crippen molar-refractivity contribution < 1.29 is 9.18 Å². The van der Waals surface area contributed by atoms with Crippen LogP contribution in [0, 0.1) is 39.1 Å². The highest BCUT2D eigenvalue weighted by molar-refractivity contribution is 8.03. The summed E-state index contributed by atoms with van der Waals surface area (Å²) >= 11 is 6.91. The summed E-state index contributed by atoms with van der Waals surface area (Å²) in [5.74, 6) is -1.13. The van der Waals surface area contributed by atoms with Crippen LogP contribution >= 0.6 is 23.4 Å². The first-order valence-corrected chi connectivity index (χ1v) is 7.92. The largest absolute Gasteiger partial charge is 0.325 e. The summed E-state index contributed by atoms with van der Waals surface area (Å²) in [6, 6.07) is 8.78. The average Bonchev–Trinajstić information content (AvgIpc) is 2.57. The maximum absolute atomic E-state index is 14.5. The molecule has 1 N–H and O–H groups in total. The van der Waals surface area contributed by atoms with Gasteiger partial charge in [0.1, 0.15) is 23.4 Å². The van der Waals surface area contributed by atoms with Gasteiger partial charge in [-0.1, -0.05) is 11.6 Å². The average molecular weight is 371 g/mol. The van der Waals surface area contributed by atoms with Crippen LogP contribution < -0.4 is 5.32 Å². The Bertz CT molecular complexity index is 1000. The number of hydrogen-bond donors (Lipinski definition) is 1. The molecule has 8 heteroatoms. The lowest BCUT2D eigenvalue weighted by Crippen LogP contribution is -2.08. The van der Waals surface area contributed by atoms with Crippen LogP contribution in [0.5, 0.6) is 0 Å². The summed E-state index contributed by atoms with van der Waals surface area (Å²) in [5, 5.41) is 31.5. The second-order valence-corrected chi connectivity index (χ2v) is 6.04. The van der Waals surface area contributed by atoms with Crippen LogP contribution in [0.1, 0.15) is 18.1 Å². The highest BCUT2D eigenvalue weighted by Gasteiger charge is 2.17. The number of benzene rings is 2. The zero-order valence-electron chi connectivity index (χ0n) is 12.7. The molecule has 0 aliphatic rings. The van der Waals surface area contributed by atoms with Crippen LogP contribution in [0.15, 0.2) is 29.2 Å². The quantitative estimate of drug-likeness (QED) is 0.636. The number of thioether (sulfide) groups is 1. The molecule has 25 heavy (non-hydrogen) atoms. The van der Waals surface area contributed by atoms with Gasteiger partial charge in [0.2, 0.25) is 5.91 Å². The molecule has 2 aromatic rings. The van der Waals surface area contributed by atoms with E-state index in [1.54, 1.807) is 0 Å². The standard InChI is InChI=1S/C17H8ClFN4OS/c1-9(24)23-16-4-13(15(19)3-10(16)6-20)12-5-17(25-8-22)11(7-21)2-14(12)18/h2-5H,1H3,(H,23,24). The second kappa shape index (κ2) is 7.68. The summed E-state index contributed by atoms with van der Waals surface area (Å²) < 4.78 is 14.5. The third-order valence-corrected chi connectivity index (χ3v) is 4.14. The van der Waals surface area contributed by atoms with E-state index in [2.05, 4.69) is 5.32 Å². The van der Waals surface area contributed by atoms with Gasteiger partial charge in [0.05, 0.1) is 16.8 Å². The highest BCUT2D eigenvalue weighted by atomic mass is 35.5. The number of nitrogens with one attached hydrogen (secondary N) is 1. The minimum atomic E-state index is -0.717. The number of rotatable bonds is 3. The Morgan fingerprint density at radius 2 is 1.80 bits per heavy atom. The third kappa shape index (κ3) is 3.89. The molecule has 0 radical (unpaired) electrons. The van der Waals surface area contributed by atoms with E-state index in [0.717, 1.165) is 17.8 Å². The Balaban J connectivity index is 2.72. The van der Waals surface area contributed by atoms with Gasteiger partial charge in [0.25, 0.3) is 0 Å². The number of nitrogens with zero attached hydrogens (tertiary/aromatic N) is 3. The van der Waals surface area contributed by atoms with Crippen LogP contribution in [0.25, 0.3) is 11.1 Å². The molecule has 122 valence electrons. The first kappa shape index (κ1) is 18.3. The number of carbonyl (C=O) groups excluding carboxylic acids is 1. The van der Waals surface area contributed by atoms with E-state index in [4.69, 9.17) is 27.4 Å². The van der Waals surface area contributed by atoms with Crippen molar-refractivity contribution in [2.24, 2.45) is 0 Å². The number of halogens is 2. The van der Waals surface area contributed by atoms with Gasteiger partial charge in [-0.25, -0.2) is 4.39 Å². The van der Waals surface area contributed by atoms with E-state index in [1.807, 2.05) is 17.5 Å². The second-order valence-electron chi connectivity index (χ2n) is 4.80. The Labute approximate surface area is 152 Å². The summed E-state index contributed by atoms with van der Waals surface area (Å²) in [5.41, 5.74) is 0.578. The molecule has 0 aliphatic heterocycles. The van der Waals surface area contributed by atoms with Crippen molar-refractivity contribution >= 4 is 35.0 Å². The number of carbonyl (C=O) groups is 1. The van der Waals surface area contributed by atoms with Gasteiger partial charge in [-0.15, -0.1) is 0 Å². The van der Waals surface area contributed by atoms with E-state index in [-0.39, 0.29) is 33.0 Å². The first-order valence-electron chi connectivity index (χ1n) is 6.72. The number of amides is 1. The SMILES string of the molecule is CC(=O)Nc1cc(-c2cc(SC#N)c(C#N)cc2Cl)c(F)cc1C#N. The van der Waals surface area contributed by atoms with Crippen LogP contribution in [0.3, 0.4) is 0 Å². The topological polar surface area (TPSA) is 100 Å². The van der Waals surface area contributed by atoms with Crippen molar-refractivity contribution in [2.45, 2.75) is 11.8 Å². The predicted molar refractivity (Wildman–Crippen MR) is 92.0 cm³/mol. The van der Waals surface area contributed by atoms with Crippen molar-refractivity contribution in [1.82, 2.24) is 0 Å². The number of thiocyanates is 1. The Kier molecular flexibility index (Phi) is 5.62. The highest BCUT2D eigenvalue weighted by Crippen LogP contribution is 2.37. The number of nitriles is 3. The molecule has 0 spiro atoms. The lowest BCUT2D eigenvalue weighted by atomic mass is 10.0. The van der Waals surface area contributed by atoms with Crippen LogP contribution in [-0.4, -0.2) is 5.91 Å². The zero-order valence-corrected chi connectivity index (χ0v) is 14.3. The van der Waals surface area contributed by atoms with E-state index < -0.39 is 11.7 Å². The minimum absolute atomic E-state index is 0.0344. The fraction of sp³-hybridized carbons (Fsp3) is 0.0588. The molecule has 0 saturated carbocycles. The molecule has 0 aliphatic carbocycles. The molecule has 5 nitrogen and oxygen atoms in total. The Morgan fingerprint density at radius 1 is 1.12 bits per heavy atom. The summed E-state index contributed by atoms with van der Waals surface area (Å²) in [6.07, 6.45) is 0. The normalized spacial score (nSPS) is 9.60. The molecular formula is C17H8ClFN4OS. The van der Waals surface area contributed by atoms with Gasteiger partial charge in [0.15, 0.2) is 0 Å². The first-order chi connectivity index (χ1) is 11.9. The van der Waals surface area contributed by atoms with Gasteiger partial charge < -0.3 is 5.32 Å². The molecule has 0 fully saturated rings. The third-order valence-electron chi connectivity index (χ3n) is 3.17. The summed E-state index contributed by atoms with van der Waals surface area (Å²) in [7, 11) is 0. The molecule has 2 aromatic carbocycles. The Hall–Kier alpha value is -3.05. The van der Waals surface area contributed by atoms with Gasteiger partial charge in [0, 0.05) is 28.0 Å². The zero-order chi connectivity index (χ0) is 18.6. The van der Waals surface area contributed by atoms with Gasteiger partial charge in [-0.3, -0.25) is 4.79 Å². The van der Waals surface area contributed by atoms with E-state index in [1.165, 1.54) is 25.1 Å². The van der Waals surface area contributed by atoms with Gasteiger partial charge >= 0.3 is 0 Å². The molecule has 0 bridgehead atoms. The smallest absolute Gasteiger partial charge is 0.221 e. The van der Waals surface area contributed by atoms with E-state index in [9.17, 15) is 9.18 Å². The van der Waals surface area contributed by atoms with Crippen LogP contribution in [-0.2, 0) is 4.79 Å². The minimum Gasteiger partial charge on any atom is -0.325 e. The fourth-order valence-electron chi connectivity index (χ4n) is 2.15. The van der Waals surface area contributed by atoms with Crippen LogP contribution in [0.4, 0.5) is 10.1 Å². The molecule has 0 heterocycles. The van der Waals surface area contributed by atoms with Gasteiger partial charge in [-0.05, 0) is 36.0 Å². The molecule has 0 saturated heterocycles. The van der Waals surface area contributed by atoms with Crippen molar-refractivity contribution in [3.05, 3.63) is 46.2 Å². The molecule has 1 amide bonds. The van der Waals surface area contributed by atoms with Gasteiger partial charge in [-0.2, -0.15) is 15.8 Å². The Morgan fingerprint density at radius 3 is 2.36 bits per heavy atom. The monoisotopic (exact) mass is 370 g/mol. The number of hydrogen-bond acceptors (Lipinski definition) is 5. The van der Waals surface area contributed by atoms with E-state index in [0.29, 0.717) is 4.90 Å². The molecule has 0 atom stereocenters. The maximum atomic E-state index is 14.5. The maximum Gasteiger partial charge on any atom is 0.221 e. The fourth-order valence-corrected chi connectivity index (χ4v) is 2.90. The predicted octanol–water partition coefficient (Wildman–Crippen LogP) is 4.42. The van der Waals surface area contributed by atoms with Crippen molar-refractivity contribution in [3.63, 3.8) is 0 Å². The van der Waals surface area contributed by atoms with Crippen molar-refractivity contribution in [1.29, 1.82) is 15.8 Å². The van der Waals surface area contributed by atoms with Crippen molar-refractivity contribution in [2.75, 3.05) is 5.32 Å². The molecule has 0 aromatic heterocycles. The summed E-state index contributed by atoms with van der Waals surface area (Å²) in [6.45, 7) is 1.26. The van der Waals surface area contributed by atoms with Crippen LogP contribution in [0.2, 0.25) is 5.02 Å². The molecule has 0 unspecified atom stereocenters. The summed E-state index contributed by atoms with van der Waals surface area (Å²) in [4.78, 5) is 11.6. The lowest BCUT2D eigenvalue weighted by Gasteiger charge is -2.12. The lowest BCUT2D eigenvalue weighted by molar-refractivity contribution is -0.114.